The van der Waals surface area contributed by atoms with Crippen molar-refractivity contribution >= 4 is 39.4 Å². The normalized spacial score (nSPS) is 18.3. The summed E-state index contributed by atoms with van der Waals surface area (Å²) in [5, 5.41) is 13.7. The van der Waals surface area contributed by atoms with Crippen LogP contribution in [0, 0.1) is 11.3 Å². The molecule has 0 aromatic carbocycles. The molecular weight excluding hydrogens is 358 g/mol. The number of carbonyl (C=O) groups excluding carboxylic acids is 2. The first-order valence-corrected chi connectivity index (χ1v) is 7.78. The minimum atomic E-state index is -0.773. The minimum Gasteiger partial charge on any atom is -0.449 e. The molecule has 1 aromatic rings. The molecular formula is C13H12BrN3O3S. The van der Waals surface area contributed by atoms with E-state index < -0.39 is 18.2 Å². The van der Waals surface area contributed by atoms with Gasteiger partial charge in [0, 0.05) is 20.4 Å². The molecule has 0 aliphatic carbocycles. The van der Waals surface area contributed by atoms with Crippen LogP contribution >= 0.6 is 27.3 Å². The molecule has 1 unspecified atom stereocenters. The van der Waals surface area contributed by atoms with Gasteiger partial charge in [-0.25, -0.2) is 14.5 Å². The quantitative estimate of drug-likeness (QED) is 0.863. The van der Waals surface area contributed by atoms with Crippen molar-refractivity contribution in [3.63, 3.8) is 0 Å². The topological polar surface area (TPSA) is 82.4 Å². The number of hydrogen-bond acceptors (Lipinski definition) is 5. The first-order chi connectivity index (χ1) is 9.99. The highest BCUT2D eigenvalue weighted by atomic mass is 79.9. The Labute approximate surface area is 134 Å². The summed E-state index contributed by atoms with van der Waals surface area (Å²) in [6, 6.07) is 2.49. The predicted molar refractivity (Wildman–Crippen MR) is 80.5 cm³/mol. The highest BCUT2D eigenvalue weighted by molar-refractivity contribution is 9.10. The van der Waals surface area contributed by atoms with Crippen LogP contribution in [0.5, 0.6) is 0 Å². The lowest BCUT2D eigenvalue weighted by Crippen LogP contribution is -2.49. The van der Waals surface area contributed by atoms with E-state index >= 15 is 0 Å². The number of carbonyl (C=O) groups is 2. The van der Waals surface area contributed by atoms with Gasteiger partial charge >= 0.3 is 12.1 Å². The zero-order valence-corrected chi connectivity index (χ0v) is 13.7. The number of rotatable bonds is 2. The van der Waals surface area contributed by atoms with Crippen LogP contribution in [0.1, 0.15) is 24.8 Å². The number of amides is 3. The lowest BCUT2D eigenvalue weighted by molar-refractivity contribution is 0.104. The number of imide groups is 1. The molecule has 0 radical (unpaired) electrons. The Balaban J connectivity index is 2.54. The van der Waals surface area contributed by atoms with Gasteiger partial charge in [-0.3, -0.25) is 0 Å². The Morgan fingerprint density at radius 3 is 2.90 bits per heavy atom. The number of nitriles is 1. The third-order valence-electron chi connectivity index (χ3n) is 2.89. The molecule has 2 rings (SSSR count). The summed E-state index contributed by atoms with van der Waals surface area (Å²) in [7, 11) is 0. The lowest BCUT2D eigenvalue weighted by atomic mass is 10.0. The summed E-state index contributed by atoms with van der Waals surface area (Å²) in [6.45, 7) is 3.44. The van der Waals surface area contributed by atoms with Gasteiger partial charge in [-0.2, -0.15) is 5.26 Å². The van der Waals surface area contributed by atoms with Crippen molar-refractivity contribution in [1.82, 2.24) is 10.2 Å². The number of thiophene rings is 1. The molecule has 3 amide bonds. The smallest absolute Gasteiger partial charge is 0.418 e. The van der Waals surface area contributed by atoms with Crippen molar-refractivity contribution < 1.29 is 14.3 Å². The Hall–Kier alpha value is -1.85. The second-order valence-electron chi connectivity index (χ2n) is 4.22. The van der Waals surface area contributed by atoms with Crippen LogP contribution in [-0.2, 0) is 4.74 Å². The lowest BCUT2D eigenvalue weighted by Gasteiger charge is -2.33. The van der Waals surface area contributed by atoms with E-state index in [-0.39, 0.29) is 6.61 Å². The standard InChI is InChI=1S/C13H12BrN3O3S/c1-3-20-13(19)17-11(10-4-8(14)6-21-10)9(5-15)7(2)16-12(17)18/h4,6,11H,3H2,1-2H3,(H,16,18). The fourth-order valence-electron chi connectivity index (χ4n) is 2.01. The van der Waals surface area contributed by atoms with E-state index in [1.54, 1.807) is 19.9 Å². The molecule has 0 saturated heterocycles. The number of halogens is 1. The van der Waals surface area contributed by atoms with E-state index in [1.807, 2.05) is 5.38 Å². The third kappa shape index (κ3) is 2.94. The largest absolute Gasteiger partial charge is 0.449 e. The summed E-state index contributed by atoms with van der Waals surface area (Å²) in [5.74, 6) is 0. The first-order valence-electron chi connectivity index (χ1n) is 6.11. The molecule has 21 heavy (non-hydrogen) atoms. The average molecular weight is 370 g/mol. The Kier molecular flexibility index (Phi) is 4.65. The predicted octanol–water partition coefficient (Wildman–Crippen LogP) is 3.53. The van der Waals surface area contributed by atoms with Crippen molar-refractivity contribution in [2.24, 2.45) is 0 Å². The maximum absolute atomic E-state index is 12.1. The number of urea groups is 1. The van der Waals surface area contributed by atoms with Gasteiger partial charge in [0.2, 0.25) is 0 Å². The minimum absolute atomic E-state index is 0.147. The fourth-order valence-corrected chi connectivity index (χ4v) is 3.55. The highest BCUT2D eigenvalue weighted by Crippen LogP contribution is 2.37. The number of nitrogens with zero attached hydrogens (tertiary/aromatic N) is 2. The monoisotopic (exact) mass is 369 g/mol. The van der Waals surface area contributed by atoms with E-state index in [0.29, 0.717) is 16.1 Å². The van der Waals surface area contributed by atoms with Crippen LogP contribution in [0.15, 0.2) is 27.2 Å². The molecule has 0 fully saturated rings. The molecule has 110 valence electrons. The molecule has 1 N–H and O–H groups in total. The Morgan fingerprint density at radius 1 is 1.67 bits per heavy atom. The van der Waals surface area contributed by atoms with Crippen molar-refractivity contribution in [3.05, 3.63) is 32.1 Å². The number of ether oxygens (including phenoxy) is 1. The zero-order chi connectivity index (χ0) is 15.6. The maximum atomic E-state index is 12.1. The summed E-state index contributed by atoms with van der Waals surface area (Å²) in [6.07, 6.45) is -0.773. The molecule has 0 saturated carbocycles. The first kappa shape index (κ1) is 15.5. The molecule has 1 aliphatic heterocycles. The molecule has 0 spiro atoms. The number of allylic oxidation sites excluding steroid dienone is 1. The van der Waals surface area contributed by atoms with Gasteiger partial charge in [0.05, 0.1) is 18.2 Å². The number of hydrogen-bond donors (Lipinski definition) is 1. The molecule has 0 bridgehead atoms. The second kappa shape index (κ2) is 6.28. The third-order valence-corrected chi connectivity index (χ3v) is 4.64. The van der Waals surface area contributed by atoms with Gasteiger partial charge in [-0.1, -0.05) is 0 Å². The Bertz CT molecular complexity index is 662. The van der Waals surface area contributed by atoms with Gasteiger partial charge < -0.3 is 10.1 Å². The molecule has 1 aliphatic rings. The summed E-state index contributed by atoms with van der Waals surface area (Å²) < 4.78 is 5.75. The van der Waals surface area contributed by atoms with E-state index in [2.05, 4.69) is 27.3 Å². The molecule has 8 heteroatoms. The molecule has 2 heterocycles. The molecule has 1 atom stereocenters. The van der Waals surface area contributed by atoms with Crippen LogP contribution < -0.4 is 5.32 Å². The van der Waals surface area contributed by atoms with Crippen LogP contribution in [0.4, 0.5) is 9.59 Å². The average Bonchev–Trinajstić information content (AvgIpc) is 2.84. The summed E-state index contributed by atoms with van der Waals surface area (Å²) in [4.78, 5) is 25.9. The maximum Gasteiger partial charge on any atom is 0.418 e. The fraction of sp³-hybridized carbons (Fsp3) is 0.308. The van der Waals surface area contributed by atoms with Gasteiger partial charge in [-0.15, -0.1) is 11.3 Å². The van der Waals surface area contributed by atoms with Gasteiger partial charge in [0.15, 0.2) is 0 Å². The highest BCUT2D eigenvalue weighted by Gasteiger charge is 2.40. The van der Waals surface area contributed by atoms with Gasteiger partial charge in [0.25, 0.3) is 0 Å². The Morgan fingerprint density at radius 2 is 2.38 bits per heavy atom. The van der Waals surface area contributed by atoms with Crippen molar-refractivity contribution in [2.75, 3.05) is 6.61 Å². The van der Waals surface area contributed by atoms with Crippen LogP contribution in [0.2, 0.25) is 0 Å². The van der Waals surface area contributed by atoms with Gasteiger partial charge in [-0.05, 0) is 35.8 Å². The van der Waals surface area contributed by atoms with Crippen LogP contribution in [0.3, 0.4) is 0 Å². The summed E-state index contributed by atoms with van der Waals surface area (Å²) in [5.41, 5.74) is 0.759. The second-order valence-corrected chi connectivity index (χ2v) is 6.08. The SMILES string of the molecule is CCOC(=O)N1C(=O)NC(C)=C(C#N)C1c1cc(Br)cs1. The van der Waals surface area contributed by atoms with Crippen molar-refractivity contribution in [3.8, 4) is 6.07 Å². The van der Waals surface area contributed by atoms with E-state index in [9.17, 15) is 14.9 Å². The van der Waals surface area contributed by atoms with Crippen molar-refractivity contribution in [1.29, 1.82) is 5.26 Å². The van der Waals surface area contributed by atoms with Crippen LogP contribution in [-0.4, -0.2) is 23.6 Å². The van der Waals surface area contributed by atoms with E-state index in [0.717, 1.165) is 9.37 Å². The van der Waals surface area contributed by atoms with E-state index in [4.69, 9.17) is 4.74 Å². The summed E-state index contributed by atoms with van der Waals surface area (Å²) >= 11 is 4.69. The van der Waals surface area contributed by atoms with E-state index in [1.165, 1.54) is 11.3 Å². The molecule has 6 nitrogen and oxygen atoms in total. The van der Waals surface area contributed by atoms with Gasteiger partial charge in [0.1, 0.15) is 6.04 Å². The zero-order valence-electron chi connectivity index (χ0n) is 11.3. The van der Waals surface area contributed by atoms with Crippen LogP contribution in [0.25, 0.3) is 0 Å². The molecule has 1 aromatic heterocycles. The number of nitrogens with one attached hydrogen (secondary N) is 1. The van der Waals surface area contributed by atoms with Crippen molar-refractivity contribution in [2.45, 2.75) is 19.9 Å².